The zero-order valence-electron chi connectivity index (χ0n) is 6.76. The van der Waals surface area contributed by atoms with Crippen LogP contribution in [0.5, 0.6) is 0 Å². The lowest BCUT2D eigenvalue weighted by molar-refractivity contribution is 0.747. The molecular weight excluding hydrogens is 247 g/mol. The van der Waals surface area contributed by atoms with E-state index < -0.39 is 0 Å². The average molecular weight is 260 g/mol. The Hall–Kier alpha value is -0.0500. The number of hydrogen-bond acceptors (Lipinski definition) is 0. The van der Waals surface area contributed by atoms with E-state index in [4.69, 9.17) is 0 Å². The maximum absolute atomic E-state index is 2.43. The van der Waals surface area contributed by atoms with Gasteiger partial charge in [-0.15, -0.1) is 0 Å². The molecule has 1 atom stereocenters. The van der Waals surface area contributed by atoms with Gasteiger partial charge in [0.05, 0.1) is 0 Å². The van der Waals surface area contributed by atoms with Crippen LogP contribution < -0.4 is 0 Å². The van der Waals surface area contributed by atoms with Crippen LogP contribution in [0, 0.1) is 0 Å². The minimum atomic E-state index is 0.716. The van der Waals surface area contributed by atoms with E-state index >= 15 is 0 Å². The molecule has 0 amide bonds. The molecule has 0 radical (unpaired) electrons. The second-order valence-corrected chi connectivity index (χ2v) is 3.87. The second kappa shape index (κ2) is 4.75. The zero-order chi connectivity index (χ0) is 8.10. The van der Waals surface area contributed by atoms with Gasteiger partial charge in [0.2, 0.25) is 0 Å². The third-order valence-electron chi connectivity index (χ3n) is 1.91. The first-order chi connectivity index (χ1) is 5.34. The molecule has 0 aliphatic carbocycles. The molecule has 0 saturated carbocycles. The molecule has 1 aromatic carbocycles. The Bertz CT molecular complexity index is 193. The minimum absolute atomic E-state index is 0.716. The van der Waals surface area contributed by atoms with Crippen molar-refractivity contribution in [1.29, 1.82) is 0 Å². The van der Waals surface area contributed by atoms with Crippen molar-refractivity contribution >= 4 is 22.6 Å². The van der Waals surface area contributed by atoms with Crippen molar-refractivity contribution in [2.24, 2.45) is 0 Å². The lowest BCUT2D eigenvalue weighted by atomic mass is 9.99. The summed E-state index contributed by atoms with van der Waals surface area (Å²) in [7, 11) is 0. The van der Waals surface area contributed by atoms with Crippen molar-refractivity contribution in [3.63, 3.8) is 0 Å². The zero-order valence-corrected chi connectivity index (χ0v) is 8.91. The Morgan fingerprint density at radius 2 is 1.91 bits per heavy atom. The van der Waals surface area contributed by atoms with E-state index in [-0.39, 0.29) is 0 Å². The normalized spacial score (nSPS) is 12.9. The lowest BCUT2D eigenvalue weighted by Gasteiger charge is -2.08. The van der Waals surface area contributed by atoms with Crippen LogP contribution in [0.25, 0.3) is 0 Å². The molecule has 0 fully saturated rings. The quantitative estimate of drug-likeness (QED) is 0.575. The molecule has 0 aromatic heterocycles. The van der Waals surface area contributed by atoms with Gasteiger partial charge in [0.1, 0.15) is 0 Å². The van der Waals surface area contributed by atoms with Crippen molar-refractivity contribution in [3.8, 4) is 0 Å². The molecule has 1 unspecified atom stereocenters. The fraction of sp³-hybridized carbons (Fsp3) is 0.400. The first-order valence-electron chi connectivity index (χ1n) is 3.95. The maximum Gasteiger partial charge on any atom is 0.0000988 e. The van der Waals surface area contributed by atoms with Gasteiger partial charge in [0.25, 0.3) is 0 Å². The molecule has 1 aromatic rings. The second-order valence-electron chi connectivity index (χ2n) is 2.79. The monoisotopic (exact) mass is 260 g/mol. The molecule has 11 heavy (non-hydrogen) atoms. The van der Waals surface area contributed by atoms with Crippen LogP contribution >= 0.6 is 22.6 Å². The molecule has 0 nitrogen and oxygen atoms in total. The summed E-state index contributed by atoms with van der Waals surface area (Å²) in [4.78, 5) is 0. The van der Waals surface area contributed by atoms with Gasteiger partial charge in [-0.2, -0.15) is 0 Å². The first kappa shape index (κ1) is 9.04. The van der Waals surface area contributed by atoms with Crippen molar-refractivity contribution in [1.82, 2.24) is 0 Å². The van der Waals surface area contributed by atoms with Gasteiger partial charge in [0, 0.05) is 4.43 Å². The number of alkyl halides is 1. The summed E-state index contributed by atoms with van der Waals surface area (Å²) in [6.45, 7) is 2.29. The number of rotatable bonds is 3. The summed E-state index contributed by atoms with van der Waals surface area (Å²) in [6, 6.07) is 10.7. The minimum Gasteiger partial charge on any atom is -0.0864 e. The SMILES string of the molecule is CC(CCI)c1ccccc1. The Balaban J connectivity index is 2.61. The fourth-order valence-corrected chi connectivity index (χ4v) is 2.05. The van der Waals surface area contributed by atoms with Gasteiger partial charge in [-0.3, -0.25) is 0 Å². The van der Waals surface area contributed by atoms with Gasteiger partial charge in [-0.1, -0.05) is 59.8 Å². The lowest BCUT2D eigenvalue weighted by Crippen LogP contribution is -1.92. The van der Waals surface area contributed by atoms with Crippen LogP contribution in [0.1, 0.15) is 24.8 Å². The molecule has 0 N–H and O–H groups in total. The number of hydrogen-bond donors (Lipinski definition) is 0. The van der Waals surface area contributed by atoms with Crippen LogP contribution in [0.3, 0.4) is 0 Å². The summed E-state index contributed by atoms with van der Waals surface area (Å²) in [5.74, 6) is 0.716. The first-order valence-corrected chi connectivity index (χ1v) is 5.48. The van der Waals surface area contributed by atoms with Crippen LogP contribution in [0.15, 0.2) is 30.3 Å². The van der Waals surface area contributed by atoms with Gasteiger partial charge >= 0.3 is 0 Å². The summed E-state index contributed by atoms with van der Waals surface area (Å²) >= 11 is 2.43. The van der Waals surface area contributed by atoms with E-state index in [1.807, 2.05) is 0 Å². The van der Waals surface area contributed by atoms with Gasteiger partial charge < -0.3 is 0 Å². The van der Waals surface area contributed by atoms with E-state index in [9.17, 15) is 0 Å². The molecule has 60 valence electrons. The Morgan fingerprint density at radius 3 is 2.45 bits per heavy atom. The van der Waals surface area contributed by atoms with E-state index in [2.05, 4.69) is 59.8 Å². The highest BCUT2D eigenvalue weighted by atomic mass is 127. The van der Waals surface area contributed by atoms with Gasteiger partial charge in [-0.25, -0.2) is 0 Å². The predicted octanol–water partition coefficient (Wildman–Crippen LogP) is 3.62. The van der Waals surface area contributed by atoms with E-state index in [0.29, 0.717) is 5.92 Å². The van der Waals surface area contributed by atoms with Gasteiger partial charge in [-0.05, 0) is 17.9 Å². The summed E-state index contributed by atoms with van der Waals surface area (Å²) in [5.41, 5.74) is 1.46. The molecule has 0 aliphatic heterocycles. The Labute approximate surface area is 82.2 Å². The van der Waals surface area contributed by atoms with Crippen molar-refractivity contribution in [2.75, 3.05) is 4.43 Å². The van der Waals surface area contributed by atoms with Crippen molar-refractivity contribution < 1.29 is 0 Å². The largest absolute Gasteiger partial charge is 0.0864 e. The average Bonchev–Trinajstić information content (AvgIpc) is 2.07. The molecule has 0 spiro atoms. The van der Waals surface area contributed by atoms with E-state index in [1.54, 1.807) is 0 Å². The molecule has 0 heterocycles. The molecular formula is C10H13I. The molecule has 1 rings (SSSR count). The fourth-order valence-electron chi connectivity index (χ4n) is 1.11. The Kier molecular flexibility index (Phi) is 3.91. The number of halogens is 1. The molecule has 0 aliphatic rings. The standard InChI is InChI=1S/C10H13I/c1-9(7-8-11)10-5-3-2-4-6-10/h2-6,9H,7-8H2,1H3. The highest BCUT2D eigenvalue weighted by Gasteiger charge is 2.01. The van der Waals surface area contributed by atoms with Crippen LogP contribution in [0.4, 0.5) is 0 Å². The summed E-state index contributed by atoms with van der Waals surface area (Å²) in [6.07, 6.45) is 1.28. The van der Waals surface area contributed by atoms with Crippen LogP contribution in [-0.4, -0.2) is 4.43 Å². The van der Waals surface area contributed by atoms with Crippen molar-refractivity contribution in [3.05, 3.63) is 35.9 Å². The van der Waals surface area contributed by atoms with Crippen molar-refractivity contribution in [2.45, 2.75) is 19.3 Å². The third-order valence-corrected chi connectivity index (χ3v) is 2.53. The van der Waals surface area contributed by atoms with Crippen LogP contribution in [-0.2, 0) is 0 Å². The smallest absolute Gasteiger partial charge is 0.0000988 e. The molecule has 1 heteroatoms. The van der Waals surface area contributed by atoms with E-state index in [1.165, 1.54) is 16.4 Å². The van der Waals surface area contributed by atoms with Crippen LogP contribution in [0.2, 0.25) is 0 Å². The molecule has 0 saturated heterocycles. The number of benzene rings is 1. The third kappa shape index (κ3) is 2.81. The Morgan fingerprint density at radius 1 is 1.27 bits per heavy atom. The van der Waals surface area contributed by atoms with Gasteiger partial charge in [0.15, 0.2) is 0 Å². The summed E-state index contributed by atoms with van der Waals surface area (Å²) in [5, 5.41) is 0. The highest BCUT2D eigenvalue weighted by molar-refractivity contribution is 14.1. The highest BCUT2D eigenvalue weighted by Crippen LogP contribution is 2.18. The predicted molar refractivity (Wildman–Crippen MR) is 58.4 cm³/mol. The summed E-state index contributed by atoms with van der Waals surface area (Å²) < 4.78 is 1.24. The van der Waals surface area contributed by atoms with E-state index in [0.717, 1.165) is 0 Å². The molecule has 0 bridgehead atoms. The maximum atomic E-state index is 2.43. The topological polar surface area (TPSA) is 0 Å².